The number of carbonyl (C=O) groups excluding carboxylic acids is 1. The van der Waals surface area contributed by atoms with Crippen molar-refractivity contribution >= 4 is 54.4 Å². The van der Waals surface area contributed by atoms with Gasteiger partial charge in [-0.15, -0.1) is 0 Å². The highest BCUT2D eigenvalue weighted by Crippen LogP contribution is 2.42. The van der Waals surface area contributed by atoms with E-state index in [2.05, 4.69) is 38.8 Å². The van der Waals surface area contributed by atoms with Gasteiger partial charge in [-0.1, -0.05) is 69.8 Å². The first-order valence-electron chi connectivity index (χ1n) is 11.6. The quantitative estimate of drug-likeness (QED) is 0.206. The van der Waals surface area contributed by atoms with E-state index >= 15 is 0 Å². The molecule has 0 N–H and O–H groups in total. The van der Waals surface area contributed by atoms with Crippen molar-refractivity contribution in [1.29, 1.82) is 0 Å². The molecule has 7 heteroatoms. The van der Waals surface area contributed by atoms with Crippen molar-refractivity contribution in [2.75, 3.05) is 11.5 Å². The summed E-state index contributed by atoms with van der Waals surface area (Å²) < 4.78 is 13.6. The van der Waals surface area contributed by atoms with Crippen LogP contribution >= 0.6 is 31.9 Å². The molecule has 0 saturated carbocycles. The Morgan fingerprint density at radius 3 is 2.54 bits per heavy atom. The van der Waals surface area contributed by atoms with E-state index in [1.54, 1.807) is 23.1 Å². The van der Waals surface area contributed by atoms with Crippen LogP contribution in [0, 0.1) is 0 Å². The molecule has 0 radical (unpaired) electrons. The van der Waals surface area contributed by atoms with Gasteiger partial charge in [0, 0.05) is 14.6 Å². The summed E-state index contributed by atoms with van der Waals surface area (Å²) >= 11 is 6.94. The number of hydrogen-bond acceptors (Lipinski definition) is 4. The maximum atomic E-state index is 13.8. The van der Waals surface area contributed by atoms with E-state index < -0.39 is 6.04 Å². The highest BCUT2D eigenvalue weighted by Gasteiger charge is 2.43. The van der Waals surface area contributed by atoms with Gasteiger partial charge < -0.3 is 9.15 Å². The Labute approximate surface area is 220 Å². The predicted octanol–water partition coefficient (Wildman–Crippen LogP) is 7.64. The molecule has 178 valence electrons. The summed E-state index contributed by atoms with van der Waals surface area (Å²) in [6.07, 6.45) is 3.19. The molecule has 5 rings (SSSR count). The molecule has 1 aliphatic rings. The number of benzene rings is 3. The molecule has 1 aliphatic heterocycles. The highest BCUT2D eigenvalue weighted by molar-refractivity contribution is 9.10. The van der Waals surface area contributed by atoms with Crippen LogP contribution in [0.1, 0.15) is 53.9 Å². The second kappa shape index (κ2) is 9.99. The molecule has 0 fully saturated rings. The molecule has 1 amide bonds. The Balaban J connectivity index is 1.68. The third-order valence-corrected chi connectivity index (χ3v) is 7.10. The average molecular weight is 597 g/mol. The molecule has 0 bridgehead atoms. The van der Waals surface area contributed by atoms with Gasteiger partial charge in [-0.05, 0) is 60.5 Å². The van der Waals surface area contributed by atoms with Crippen LogP contribution in [0.25, 0.3) is 11.0 Å². The van der Waals surface area contributed by atoms with Crippen LogP contribution in [0.5, 0.6) is 5.75 Å². The Kier molecular flexibility index (Phi) is 6.80. The molecule has 1 atom stereocenters. The van der Waals surface area contributed by atoms with E-state index in [4.69, 9.17) is 9.15 Å². The topological polar surface area (TPSA) is 59.8 Å². The first-order valence-corrected chi connectivity index (χ1v) is 13.1. The van der Waals surface area contributed by atoms with Crippen LogP contribution in [0.2, 0.25) is 0 Å². The maximum Gasteiger partial charge on any atom is 0.295 e. The minimum Gasteiger partial charge on any atom is -0.494 e. The molecule has 1 aromatic heterocycles. The molecule has 2 heterocycles. The monoisotopic (exact) mass is 595 g/mol. The van der Waals surface area contributed by atoms with Crippen LogP contribution < -0.4 is 15.1 Å². The molecular weight excluding hydrogens is 574 g/mol. The van der Waals surface area contributed by atoms with Crippen molar-refractivity contribution < 1.29 is 13.9 Å². The van der Waals surface area contributed by atoms with Crippen molar-refractivity contribution in [3.05, 3.63) is 103 Å². The summed E-state index contributed by atoms with van der Waals surface area (Å²) in [6.45, 7) is 2.77. The summed E-state index contributed by atoms with van der Waals surface area (Å²) in [5, 5.41) is 0.430. The van der Waals surface area contributed by atoms with Crippen LogP contribution in [-0.4, -0.2) is 12.5 Å². The lowest BCUT2D eigenvalue weighted by Crippen LogP contribution is -2.29. The molecule has 1 unspecified atom stereocenters. The molecule has 3 aromatic carbocycles. The van der Waals surface area contributed by atoms with Gasteiger partial charge in [-0.3, -0.25) is 14.5 Å². The Morgan fingerprint density at radius 1 is 0.943 bits per heavy atom. The number of halogens is 2. The Morgan fingerprint density at radius 2 is 1.74 bits per heavy atom. The van der Waals surface area contributed by atoms with Gasteiger partial charge in [0.15, 0.2) is 5.43 Å². The molecule has 5 nitrogen and oxygen atoms in total. The number of anilines is 1. The second-order valence-electron chi connectivity index (χ2n) is 8.50. The zero-order chi connectivity index (χ0) is 24.5. The van der Waals surface area contributed by atoms with E-state index in [1.807, 2.05) is 48.5 Å². The van der Waals surface area contributed by atoms with Gasteiger partial charge in [0.25, 0.3) is 5.91 Å². The normalized spacial score (nSPS) is 15.0. The number of rotatable bonds is 7. The number of nitrogens with zero attached hydrogens (tertiary/aromatic N) is 1. The number of fused-ring (bicyclic) bond motifs is 2. The van der Waals surface area contributed by atoms with Crippen LogP contribution in [-0.2, 0) is 0 Å². The minimum atomic E-state index is -0.648. The minimum absolute atomic E-state index is 0.0732. The van der Waals surface area contributed by atoms with E-state index in [0.29, 0.717) is 34.6 Å². The number of hydrogen-bond donors (Lipinski definition) is 0. The molecule has 0 aliphatic carbocycles. The van der Waals surface area contributed by atoms with E-state index in [1.165, 1.54) is 0 Å². The molecule has 4 aromatic rings. The molecule has 0 saturated heterocycles. The van der Waals surface area contributed by atoms with Crippen molar-refractivity contribution in [2.24, 2.45) is 0 Å². The van der Waals surface area contributed by atoms with Gasteiger partial charge in [-0.2, -0.15) is 0 Å². The lowest BCUT2D eigenvalue weighted by atomic mass is 9.98. The van der Waals surface area contributed by atoms with Gasteiger partial charge in [0.2, 0.25) is 5.76 Å². The largest absolute Gasteiger partial charge is 0.494 e. The van der Waals surface area contributed by atoms with Gasteiger partial charge in [0.05, 0.1) is 23.6 Å². The SMILES string of the molecule is CCCCCOc1cccc(C2c3c(oc4ccc(Br)cc4c3=O)C(=O)N2c2cccc(Br)c2)c1. The van der Waals surface area contributed by atoms with Crippen molar-refractivity contribution in [2.45, 2.75) is 32.2 Å². The number of amides is 1. The third-order valence-electron chi connectivity index (χ3n) is 6.11. The van der Waals surface area contributed by atoms with Crippen LogP contribution in [0.3, 0.4) is 0 Å². The molecule has 0 spiro atoms. The summed E-state index contributed by atoms with van der Waals surface area (Å²) in [5.41, 5.74) is 1.95. The zero-order valence-corrected chi connectivity index (χ0v) is 22.3. The Bertz CT molecular complexity index is 1480. The lowest BCUT2D eigenvalue weighted by molar-refractivity contribution is 0.0971. The fraction of sp³-hybridized carbons (Fsp3) is 0.214. The van der Waals surface area contributed by atoms with Crippen molar-refractivity contribution in [3.63, 3.8) is 0 Å². The van der Waals surface area contributed by atoms with Gasteiger partial charge in [-0.25, -0.2) is 0 Å². The van der Waals surface area contributed by atoms with Gasteiger partial charge >= 0.3 is 0 Å². The standard InChI is InChI=1S/C28H23Br2NO4/c1-2-3-4-13-34-21-10-5-7-17(14-21)25-24-26(32)22-16-19(30)11-12-23(22)35-27(24)28(33)31(25)20-9-6-8-18(29)15-20/h5-12,14-16,25H,2-4,13H2,1H3. The summed E-state index contributed by atoms with van der Waals surface area (Å²) in [6, 6.07) is 19.7. The molecule has 35 heavy (non-hydrogen) atoms. The summed E-state index contributed by atoms with van der Waals surface area (Å²) in [4.78, 5) is 29.1. The number of carbonyl (C=O) groups is 1. The average Bonchev–Trinajstić information content (AvgIpc) is 3.15. The zero-order valence-electron chi connectivity index (χ0n) is 19.1. The highest BCUT2D eigenvalue weighted by atomic mass is 79.9. The molecular formula is C28H23Br2NO4. The third kappa shape index (κ3) is 4.55. The number of unbranched alkanes of at least 4 members (excludes halogenated alkanes) is 2. The smallest absolute Gasteiger partial charge is 0.295 e. The summed E-state index contributed by atoms with van der Waals surface area (Å²) in [5.74, 6) is 0.435. The fourth-order valence-electron chi connectivity index (χ4n) is 4.47. The van der Waals surface area contributed by atoms with Crippen LogP contribution in [0.4, 0.5) is 5.69 Å². The predicted molar refractivity (Wildman–Crippen MR) is 144 cm³/mol. The lowest BCUT2D eigenvalue weighted by Gasteiger charge is -2.25. The maximum absolute atomic E-state index is 13.8. The Hall–Kier alpha value is -2.90. The second-order valence-corrected chi connectivity index (χ2v) is 10.3. The first-order chi connectivity index (χ1) is 17.0. The number of ether oxygens (including phenoxy) is 1. The van der Waals surface area contributed by atoms with Crippen LogP contribution in [0.15, 0.2) is 84.9 Å². The van der Waals surface area contributed by atoms with Gasteiger partial charge in [0.1, 0.15) is 11.3 Å². The van der Waals surface area contributed by atoms with Crippen molar-refractivity contribution in [3.8, 4) is 5.75 Å². The van der Waals surface area contributed by atoms with E-state index in [0.717, 1.165) is 33.8 Å². The van der Waals surface area contributed by atoms with Crippen molar-refractivity contribution in [1.82, 2.24) is 0 Å². The first kappa shape index (κ1) is 23.8. The summed E-state index contributed by atoms with van der Waals surface area (Å²) in [7, 11) is 0. The van der Waals surface area contributed by atoms with E-state index in [9.17, 15) is 9.59 Å². The fourth-order valence-corrected chi connectivity index (χ4v) is 5.22. The van der Waals surface area contributed by atoms with E-state index in [-0.39, 0.29) is 17.1 Å².